The first-order chi connectivity index (χ1) is 8.51. The Bertz CT molecular complexity index is 279. The zero-order chi connectivity index (χ0) is 13.7. The number of nitrogens with one attached hydrogen (secondary N) is 1. The Morgan fingerprint density at radius 1 is 1.44 bits per heavy atom. The second kappa shape index (κ2) is 7.22. The maximum atomic E-state index is 11.0. The van der Waals surface area contributed by atoms with Crippen LogP contribution >= 0.6 is 11.6 Å². The Morgan fingerprint density at radius 3 is 2.61 bits per heavy atom. The number of aliphatic hydroxyl groups excluding tert-OH is 3. The van der Waals surface area contributed by atoms with E-state index in [4.69, 9.17) is 26.2 Å². The lowest BCUT2D eigenvalue weighted by molar-refractivity contribution is -0.268. The summed E-state index contributed by atoms with van der Waals surface area (Å²) < 4.78 is 10.5. The minimum Gasteiger partial charge on any atom is -0.394 e. The summed E-state index contributed by atoms with van der Waals surface area (Å²) in [5.41, 5.74) is 0. The lowest BCUT2D eigenvalue weighted by atomic mass is 9.97. The number of carbonyl (C=O) groups is 1. The first-order valence-corrected chi connectivity index (χ1v) is 6.11. The van der Waals surface area contributed by atoms with Crippen molar-refractivity contribution >= 4 is 17.5 Å². The molecule has 5 atom stereocenters. The summed E-state index contributed by atoms with van der Waals surface area (Å²) in [6.45, 7) is 0.963. The smallest absolute Gasteiger partial charge is 0.217 e. The van der Waals surface area contributed by atoms with Gasteiger partial charge in [-0.15, -0.1) is 11.6 Å². The normalized spacial score (nSPS) is 36.4. The van der Waals surface area contributed by atoms with E-state index in [0.717, 1.165) is 0 Å². The van der Waals surface area contributed by atoms with Crippen molar-refractivity contribution in [2.45, 2.75) is 37.6 Å². The highest BCUT2D eigenvalue weighted by Crippen LogP contribution is 2.22. The van der Waals surface area contributed by atoms with Gasteiger partial charge in [-0.1, -0.05) is 0 Å². The summed E-state index contributed by atoms with van der Waals surface area (Å²) in [6, 6.07) is -0.913. The molecule has 1 rings (SSSR count). The third-order valence-electron chi connectivity index (χ3n) is 2.61. The Kier molecular flexibility index (Phi) is 6.27. The Labute approximate surface area is 110 Å². The highest BCUT2D eigenvalue weighted by atomic mass is 35.5. The van der Waals surface area contributed by atoms with Crippen LogP contribution in [0, 0.1) is 0 Å². The quantitative estimate of drug-likeness (QED) is 0.443. The average Bonchev–Trinajstić information content (AvgIpc) is 2.33. The van der Waals surface area contributed by atoms with Crippen LogP contribution in [0.3, 0.4) is 0 Å². The van der Waals surface area contributed by atoms with Gasteiger partial charge >= 0.3 is 0 Å². The van der Waals surface area contributed by atoms with E-state index in [-0.39, 0.29) is 12.5 Å². The van der Waals surface area contributed by atoms with E-state index in [1.54, 1.807) is 0 Å². The van der Waals surface area contributed by atoms with Gasteiger partial charge in [0.25, 0.3) is 0 Å². The standard InChI is InChI=1S/C10H18ClNO6/c1-5(14)12-7-9(16)8(15)6(4-13)18-10(7)17-3-2-11/h6-10,13,15-16H,2-4H2,1H3,(H,12,14)/t6-,7+,8-,9-,10-/m1/s1. The molecule has 1 fully saturated rings. The molecule has 0 bridgehead atoms. The van der Waals surface area contributed by atoms with Crippen LogP contribution in [0.25, 0.3) is 0 Å². The highest BCUT2D eigenvalue weighted by molar-refractivity contribution is 6.17. The van der Waals surface area contributed by atoms with Crippen LogP contribution in [0.1, 0.15) is 6.92 Å². The van der Waals surface area contributed by atoms with Crippen LogP contribution in [0.5, 0.6) is 0 Å². The zero-order valence-electron chi connectivity index (χ0n) is 9.95. The van der Waals surface area contributed by atoms with Crippen LogP contribution in [-0.4, -0.2) is 71.0 Å². The third kappa shape index (κ3) is 3.78. The Morgan fingerprint density at radius 2 is 2.11 bits per heavy atom. The maximum Gasteiger partial charge on any atom is 0.217 e. The van der Waals surface area contributed by atoms with Crippen molar-refractivity contribution in [1.29, 1.82) is 0 Å². The summed E-state index contributed by atoms with van der Waals surface area (Å²) in [5.74, 6) is -0.175. The monoisotopic (exact) mass is 283 g/mol. The minimum absolute atomic E-state index is 0.156. The zero-order valence-corrected chi connectivity index (χ0v) is 10.7. The van der Waals surface area contributed by atoms with Crippen molar-refractivity contribution in [3.63, 3.8) is 0 Å². The van der Waals surface area contributed by atoms with E-state index in [1.165, 1.54) is 6.92 Å². The lowest BCUT2D eigenvalue weighted by Gasteiger charge is -2.42. The van der Waals surface area contributed by atoms with Crippen molar-refractivity contribution < 1.29 is 29.6 Å². The molecule has 0 saturated carbocycles. The molecule has 1 aliphatic rings. The molecule has 0 unspecified atom stereocenters. The van der Waals surface area contributed by atoms with Crippen LogP contribution in [-0.2, 0) is 14.3 Å². The van der Waals surface area contributed by atoms with Crippen LogP contribution in [0.2, 0.25) is 0 Å². The number of halogens is 1. The van der Waals surface area contributed by atoms with Gasteiger partial charge in [0.1, 0.15) is 24.4 Å². The Hall–Kier alpha value is -0.440. The van der Waals surface area contributed by atoms with Crippen molar-refractivity contribution in [2.24, 2.45) is 0 Å². The molecule has 0 aromatic rings. The topological polar surface area (TPSA) is 108 Å². The van der Waals surface area contributed by atoms with Crippen molar-refractivity contribution in [3.8, 4) is 0 Å². The molecule has 0 spiro atoms. The van der Waals surface area contributed by atoms with Crippen LogP contribution < -0.4 is 5.32 Å². The van der Waals surface area contributed by atoms with E-state index >= 15 is 0 Å². The van der Waals surface area contributed by atoms with E-state index in [1.807, 2.05) is 0 Å². The molecule has 0 aromatic heterocycles. The number of ether oxygens (including phenoxy) is 2. The van der Waals surface area contributed by atoms with Gasteiger partial charge in [0.05, 0.1) is 13.2 Å². The Balaban J connectivity index is 2.76. The van der Waals surface area contributed by atoms with Gasteiger partial charge in [-0.05, 0) is 0 Å². The van der Waals surface area contributed by atoms with Gasteiger partial charge in [0, 0.05) is 12.8 Å². The van der Waals surface area contributed by atoms with E-state index in [2.05, 4.69) is 5.32 Å². The predicted octanol–water partition coefficient (Wildman–Crippen LogP) is -1.81. The van der Waals surface area contributed by atoms with Crippen molar-refractivity contribution in [2.75, 3.05) is 19.1 Å². The number of hydrogen-bond acceptors (Lipinski definition) is 6. The molecule has 4 N–H and O–H groups in total. The maximum absolute atomic E-state index is 11.0. The summed E-state index contributed by atoms with van der Waals surface area (Å²) >= 11 is 5.48. The molecule has 0 radical (unpaired) electrons. The first-order valence-electron chi connectivity index (χ1n) is 5.58. The molecule has 7 nitrogen and oxygen atoms in total. The molecular weight excluding hydrogens is 266 g/mol. The van der Waals surface area contributed by atoms with Gasteiger partial charge in [-0.25, -0.2) is 0 Å². The average molecular weight is 284 g/mol. The van der Waals surface area contributed by atoms with Gasteiger partial charge in [0.2, 0.25) is 5.91 Å². The molecule has 1 saturated heterocycles. The number of hydrogen-bond donors (Lipinski definition) is 4. The molecule has 1 aliphatic heterocycles. The summed E-state index contributed by atoms with van der Waals surface area (Å²) in [7, 11) is 0. The van der Waals surface area contributed by atoms with Gasteiger partial charge < -0.3 is 30.1 Å². The summed E-state index contributed by atoms with van der Waals surface area (Å²) in [4.78, 5) is 11.0. The molecule has 18 heavy (non-hydrogen) atoms. The fourth-order valence-corrected chi connectivity index (χ4v) is 1.86. The molecule has 1 amide bonds. The van der Waals surface area contributed by atoms with Gasteiger partial charge in [-0.2, -0.15) is 0 Å². The fraction of sp³-hybridized carbons (Fsp3) is 0.900. The van der Waals surface area contributed by atoms with Crippen LogP contribution in [0.4, 0.5) is 0 Å². The molecule has 8 heteroatoms. The SMILES string of the molecule is CC(=O)N[C@@H]1[C@H](OCCCl)O[C@H](CO)[C@@H](O)[C@@H]1O. The largest absolute Gasteiger partial charge is 0.394 e. The number of alkyl halides is 1. The molecular formula is C10H18ClNO6. The van der Waals surface area contributed by atoms with Crippen molar-refractivity contribution in [3.05, 3.63) is 0 Å². The van der Waals surface area contributed by atoms with Gasteiger partial charge in [-0.3, -0.25) is 4.79 Å². The number of rotatable bonds is 5. The molecule has 106 valence electrons. The van der Waals surface area contributed by atoms with Gasteiger partial charge in [0.15, 0.2) is 6.29 Å². The molecule has 0 aromatic carbocycles. The van der Waals surface area contributed by atoms with E-state index in [0.29, 0.717) is 0 Å². The third-order valence-corrected chi connectivity index (χ3v) is 2.76. The van der Waals surface area contributed by atoms with Crippen molar-refractivity contribution in [1.82, 2.24) is 5.32 Å². The lowest BCUT2D eigenvalue weighted by Crippen LogP contribution is -2.64. The number of amides is 1. The molecule has 1 heterocycles. The van der Waals surface area contributed by atoms with E-state index < -0.39 is 43.2 Å². The highest BCUT2D eigenvalue weighted by Gasteiger charge is 2.45. The predicted molar refractivity (Wildman–Crippen MR) is 62.0 cm³/mol. The van der Waals surface area contributed by atoms with Crippen LogP contribution in [0.15, 0.2) is 0 Å². The minimum atomic E-state index is -1.30. The molecule has 0 aliphatic carbocycles. The second-order valence-electron chi connectivity index (χ2n) is 3.99. The number of carbonyl (C=O) groups excluding carboxylic acids is 1. The first kappa shape index (κ1) is 15.6. The second-order valence-corrected chi connectivity index (χ2v) is 4.37. The summed E-state index contributed by atoms with van der Waals surface area (Å²) in [6.07, 6.45) is -4.53. The fourth-order valence-electron chi connectivity index (χ4n) is 1.77. The summed E-state index contributed by atoms with van der Waals surface area (Å²) in [5, 5.41) is 31.1. The van der Waals surface area contributed by atoms with E-state index in [9.17, 15) is 15.0 Å². The number of aliphatic hydroxyl groups is 3.